The van der Waals surface area contributed by atoms with Gasteiger partial charge in [-0.2, -0.15) is 0 Å². The van der Waals surface area contributed by atoms with Gasteiger partial charge in [0.2, 0.25) is 0 Å². The molecule has 0 N–H and O–H groups in total. The minimum atomic E-state index is -1.74. The Morgan fingerprint density at radius 1 is 0.325 bits per heavy atom. The fourth-order valence-electron chi connectivity index (χ4n) is 5.83. The molecular weight excluding hydrogens is 732 g/mol. The molecule has 0 spiro atoms. The first-order valence-electron chi connectivity index (χ1n) is 16.0. The zero-order chi connectivity index (χ0) is 28.7. The average Bonchev–Trinajstić information content (AvgIpc) is 2.98. The molecule has 0 aliphatic rings. The van der Waals surface area contributed by atoms with Crippen LogP contribution in [0.1, 0.15) is 80.1 Å². The quantitative estimate of drug-likeness (QED) is 0.125. The summed E-state index contributed by atoms with van der Waals surface area (Å²) in [7, 11) is 0. The van der Waals surface area contributed by atoms with Crippen LogP contribution in [-0.2, 0) is 0 Å². The molecule has 0 saturated carbocycles. The van der Waals surface area contributed by atoms with Crippen LogP contribution in [0, 0.1) is 0 Å². The fourth-order valence-corrected chi connectivity index (χ4v) is 34.4. The topological polar surface area (TPSA) is 0 Å². The van der Waals surface area contributed by atoms with Gasteiger partial charge in [-0.15, -0.1) is 0 Å². The summed E-state index contributed by atoms with van der Waals surface area (Å²) in [5.41, 5.74) is 0. The summed E-state index contributed by atoms with van der Waals surface area (Å²) < 4.78 is 10.9. The van der Waals surface area contributed by atoms with E-state index in [-0.39, 0.29) is 0 Å². The van der Waals surface area contributed by atoms with Crippen LogP contribution in [0.25, 0.3) is 0 Å². The van der Waals surface area contributed by atoms with E-state index in [2.05, 4.69) is 114 Å². The Labute approximate surface area is 266 Å². The second kappa shape index (κ2) is 19.2. The summed E-state index contributed by atoms with van der Waals surface area (Å²) in [6, 6.07) is 29.9. The first-order chi connectivity index (χ1) is 19.6. The molecule has 3 aromatic rings. The molecule has 0 radical (unpaired) electrons. The zero-order valence-electron chi connectivity index (χ0n) is 26.2. The van der Waals surface area contributed by atoms with Crippen LogP contribution >= 0.6 is 0 Å². The van der Waals surface area contributed by atoms with Crippen molar-refractivity contribution >= 4 is 84.7 Å². The van der Waals surface area contributed by atoms with Crippen molar-refractivity contribution in [1.82, 2.24) is 0 Å². The van der Waals surface area contributed by atoms with Crippen LogP contribution in [0.15, 0.2) is 72.8 Å². The van der Waals surface area contributed by atoms with Crippen molar-refractivity contribution in [3.8, 4) is 0 Å². The number of rotatable bonds is 18. The van der Waals surface area contributed by atoms with Gasteiger partial charge in [-0.3, -0.25) is 0 Å². The van der Waals surface area contributed by atoms with E-state index in [1.54, 1.807) is 13.1 Å². The van der Waals surface area contributed by atoms with E-state index in [4.69, 9.17) is 0 Å². The summed E-state index contributed by atoms with van der Waals surface area (Å²) in [6.45, 7) is 14.5. The van der Waals surface area contributed by atoms with Crippen molar-refractivity contribution < 1.29 is 0 Å². The Bertz CT molecular complexity index is 968. The third-order valence-electron chi connectivity index (χ3n) is 7.35. The Morgan fingerprint density at radius 2 is 0.525 bits per heavy atom. The molecule has 0 amide bonds. The van der Waals surface area contributed by atoms with Gasteiger partial charge in [0.05, 0.1) is 0 Å². The summed E-state index contributed by atoms with van der Waals surface area (Å²) in [6.07, 6.45) is 8.00. The predicted octanol–water partition coefficient (Wildman–Crippen LogP) is 6.77. The average molecular weight is 787 g/mol. The van der Waals surface area contributed by atoms with Gasteiger partial charge in [0, 0.05) is 0 Å². The molecule has 0 bridgehead atoms. The van der Waals surface area contributed by atoms with Crippen LogP contribution in [-0.4, -0.2) is 58.6 Å². The van der Waals surface area contributed by atoms with Gasteiger partial charge < -0.3 is 0 Å². The van der Waals surface area contributed by atoms with Crippen LogP contribution in [0.2, 0.25) is 31.3 Å². The molecule has 0 aromatic heterocycles. The number of hydrogen-bond acceptors (Lipinski definition) is 0. The number of hydrogen-bond donors (Lipinski definition) is 0. The van der Waals surface area contributed by atoms with Crippen molar-refractivity contribution in [2.24, 2.45) is 0 Å². The SMILES string of the molecule is CCC[As](CCC)c1ccccc1[As](c1ccccc1[As](CCC)CCC)c1ccccc1[As](CCC)CCC. The Balaban J connectivity index is 2.36. The molecule has 0 nitrogen and oxygen atoms in total. The van der Waals surface area contributed by atoms with Gasteiger partial charge in [0.15, 0.2) is 0 Å². The third-order valence-corrected chi connectivity index (χ3v) is 34.5. The first kappa shape index (κ1) is 34.4. The second-order valence-electron chi connectivity index (χ2n) is 10.8. The summed E-state index contributed by atoms with van der Waals surface area (Å²) in [5.74, 6) is 0. The monoisotopic (exact) mass is 786 g/mol. The van der Waals surface area contributed by atoms with E-state index in [9.17, 15) is 0 Å². The third kappa shape index (κ3) is 9.20. The van der Waals surface area contributed by atoms with Crippen LogP contribution in [0.5, 0.6) is 0 Å². The fraction of sp³-hybridized carbons (Fsp3) is 0.500. The minimum absolute atomic E-state index is 1.09. The molecule has 0 atom stereocenters. The standard InChI is InChI=1S/C36H54As4/c1-7-25-37(26-8-2)31-19-13-16-22-34(31)40(35-23-17-14-20-32(35)38(27-9-3)28-10-4)36-24-18-15-21-33(36)39(29-11-5)30-12-6/h13-24H,7-12,25-30H2,1-6H3. The number of benzene rings is 3. The Hall–Kier alpha value is -0.106. The predicted molar refractivity (Wildman–Crippen MR) is 191 cm³/mol. The van der Waals surface area contributed by atoms with E-state index in [0.29, 0.717) is 0 Å². The van der Waals surface area contributed by atoms with Crippen LogP contribution in [0.4, 0.5) is 0 Å². The van der Waals surface area contributed by atoms with Gasteiger partial charge in [-0.05, 0) is 0 Å². The summed E-state index contributed by atoms with van der Waals surface area (Å²) in [5, 5.41) is 8.73. The van der Waals surface area contributed by atoms with Crippen molar-refractivity contribution in [3.63, 3.8) is 0 Å². The van der Waals surface area contributed by atoms with Gasteiger partial charge >= 0.3 is 269 Å². The molecule has 0 fully saturated rings. The van der Waals surface area contributed by atoms with Gasteiger partial charge in [0.25, 0.3) is 0 Å². The first-order valence-corrected chi connectivity index (χ1v) is 29.6. The molecule has 0 unspecified atom stereocenters. The van der Waals surface area contributed by atoms with Crippen molar-refractivity contribution in [3.05, 3.63) is 72.8 Å². The van der Waals surface area contributed by atoms with Crippen LogP contribution in [0.3, 0.4) is 0 Å². The van der Waals surface area contributed by atoms with E-state index >= 15 is 0 Å². The molecule has 218 valence electrons. The maximum absolute atomic E-state index is 2.62. The van der Waals surface area contributed by atoms with E-state index in [1.165, 1.54) is 69.8 Å². The molecule has 0 saturated heterocycles. The molecule has 40 heavy (non-hydrogen) atoms. The van der Waals surface area contributed by atoms with Gasteiger partial charge in [0.1, 0.15) is 0 Å². The van der Waals surface area contributed by atoms with Crippen molar-refractivity contribution in [2.75, 3.05) is 0 Å². The molecule has 0 aliphatic carbocycles. The van der Waals surface area contributed by atoms with Crippen molar-refractivity contribution in [2.45, 2.75) is 111 Å². The molecular formula is C36H54As4. The van der Waals surface area contributed by atoms with Gasteiger partial charge in [-0.1, -0.05) is 0 Å². The summed E-state index contributed by atoms with van der Waals surface area (Å²) in [4.78, 5) is 0. The zero-order valence-corrected chi connectivity index (χ0v) is 33.7. The molecule has 3 rings (SSSR count). The molecule has 4 heteroatoms. The molecule has 0 heterocycles. The van der Waals surface area contributed by atoms with Crippen LogP contribution < -0.4 is 26.1 Å². The van der Waals surface area contributed by atoms with E-state index in [0.717, 1.165) is 0 Å². The summed E-state index contributed by atoms with van der Waals surface area (Å²) >= 11 is -5.01. The molecule has 0 aliphatic heterocycles. The van der Waals surface area contributed by atoms with E-state index < -0.39 is 58.6 Å². The van der Waals surface area contributed by atoms with E-state index in [1.807, 2.05) is 13.1 Å². The Kier molecular flexibility index (Phi) is 16.5. The van der Waals surface area contributed by atoms with Gasteiger partial charge in [-0.25, -0.2) is 0 Å². The Morgan fingerprint density at radius 3 is 0.725 bits per heavy atom. The molecule has 3 aromatic carbocycles. The second-order valence-corrected chi connectivity index (χ2v) is 30.7. The maximum atomic E-state index is 2.62. The normalized spacial score (nSPS) is 11.8. The van der Waals surface area contributed by atoms with Crippen molar-refractivity contribution in [1.29, 1.82) is 0 Å².